The molecule has 0 radical (unpaired) electrons. The first-order chi connectivity index (χ1) is 20.2. The molecule has 43 heavy (non-hydrogen) atoms. The predicted molar refractivity (Wildman–Crippen MR) is 167 cm³/mol. The molecule has 1 heterocycles. The molecule has 0 saturated heterocycles. The number of nitrogens with one attached hydrogen (secondary N) is 2. The maximum Gasteiger partial charge on any atom is 0.283 e. The fraction of sp³-hybridized carbons (Fsp3) is 0.276. The molecule has 1 unspecified atom stereocenters. The number of hydrogen-bond acceptors (Lipinski definition) is 9. The van der Waals surface area contributed by atoms with Crippen molar-refractivity contribution in [2.75, 3.05) is 29.6 Å². The van der Waals surface area contributed by atoms with Gasteiger partial charge in [0.05, 0.1) is 4.90 Å². The zero-order valence-electron chi connectivity index (χ0n) is 23.7. The Morgan fingerprint density at radius 3 is 2.33 bits per heavy atom. The molecule has 0 fully saturated rings. The summed E-state index contributed by atoms with van der Waals surface area (Å²) in [5.74, 6) is -0.937. The van der Waals surface area contributed by atoms with Gasteiger partial charge in [-0.15, -0.1) is 0 Å². The second kappa shape index (κ2) is 12.9. The van der Waals surface area contributed by atoms with E-state index in [1.54, 1.807) is 38.4 Å². The maximum absolute atomic E-state index is 14.1. The maximum atomic E-state index is 14.1. The van der Waals surface area contributed by atoms with Crippen molar-refractivity contribution in [3.63, 3.8) is 0 Å². The number of rotatable bonds is 13. The van der Waals surface area contributed by atoms with Crippen LogP contribution in [0, 0.1) is 13.8 Å². The molecule has 0 bridgehead atoms. The van der Waals surface area contributed by atoms with E-state index in [4.69, 9.17) is 16.2 Å². The topological polar surface area (TPSA) is 163 Å². The summed E-state index contributed by atoms with van der Waals surface area (Å²) in [5.41, 5.74) is 1.90. The van der Waals surface area contributed by atoms with Gasteiger partial charge in [0.1, 0.15) is 17.3 Å². The number of nitrogens with zero attached hydrogens (tertiary/aromatic N) is 2. The average molecular weight is 647 g/mol. The summed E-state index contributed by atoms with van der Waals surface area (Å²) in [5, 5.41) is 5.35. The highest BCUT2D eigenvalue weighted by molar-refractivity contribution is 7.89. The fourth-order valence-corrected chi connectivity index (χ4v) is 7.25. The largest absolute Gasteiger partial charge is 0.380 e. The molecule has 1 aromatic heterocycles. The molecule has 0 saturated carbocycles. The Balaban J connectivity index is 1.61. The number of benzene rings is 2. The summed E-state index contributed by atoms with van der Waals surface area (Å²) in [6, 6.07) is 13.6. The minimum Gasteiger partial charge on any atom is -0.380 e. The Labute approximate surface area is 255 Å². The number of anilines is 2. The van der Waals surface area contributed by atoms with Gasteiger partial charge >= 0.3 is 0 Å². The number of sulfonamides is 1. The van der Waals surface area contributed by atoms with Gasteiger partial charge < -0.3 is 10.6 Å². The van der Waals surface area contributed by atoms with Crippen molar-refractivity contribution < 1.29 is 21.4 Å². The summed E-state index contributed by atoms with van der Waals surface area (Å²) in [7, 11) is -8.49. The van der Waals surface area contributed by atoms with Crippen LogP contribution in [0.5, 0.6) is 0 Å². The molecule has 0 amide bonds. The standard InChI is InChI=1S/C29H31ClN4O7S2/c1-18-16-31-13-11-23(18)22-8-4-7-21(15-22)20(3)34(43(40,41)25-10-5-9-24(30)19(25)2)14-6-12-32-26-27(29(36)28(26)35)33-17-42(37,38)39/h4-5,7-11,13,15-16,20,32-33H,6,12,14,17H2,1-3H3,(H,37,38,39). The van der Waals surface area contributed by atoms with Crippen molar-refractivity contribution in [3.05, 3.63) is 103 Å². The Kier molecular flexibility index (Phi) is 9.72. The van der Waals surface area contributed by atoms with Crippen LogP contribution in [0.1, 0.15) is 36.1 Å². The highest BCUT2D eigenvalue weighted by Gasteiger charge is 2.32. The third-order valence-electron chi connectivity index (χ3n) is 7.14. The highest BCUT2D eigenvalue weighted by atomic mass is 35.5. The van der Waals surface area contributed by atoms with Crippen molar-refractivity contribution in [1.29, 1.82) is 0 Å². The van der Waals surface area contributed by atoms with Crippen LogP contribution in [-0.2, 0) is 20.1 Å². The zero-order valence-corrected chi connectivity index (χ0v) is 26.1. The Hall–Kier alpha value is -3.62. The lowest BCUT2D eigenvalue weighted by Crippen LogP contribution is -2.39. The lowest BCUT2D eigenvalue weighted by molar-refractivity contribution is 0.340. The molecule has 3 N–H and O–H groups in total. The van der Waals surface area contributed by atoms with Crippen LogP contribution in [0.3, 0.4) is 0 Å². The first kappa shape index (κ1) is 32.3. The molecule has 4 aromatic rings. The van der Waals surface area contributed by atoms with Gasteiger partial charge in [0.2, 0.25) is 10.0 Å². The second-order valence-electron chi connectivity index (χ2n) is 10.1. The molecule has 0 aliphatic rings. The smallest absolute Gasteiger partial charge is 0.283 e. The highest BCUT2D eigenvalue weighted by Crippen LogP contribution is 2.33. The molecule has 0 aliphatic carbocycles. The molecule has 228 valence electrons. The third-order valence-corrected chi connectivity index (χ3v) is 10.2. The quantitative estimate of drug-likeness (QED) is 0.109. The lowest BCUT2D eigenvalue weighted by atomic mass is 9.98. The average Bonchev–Trinajstić information content (AvgIpc) is 2.96. The van der Waals surface area contributed by atoms with E-state index in [9.17, 15) is 26.4 Å². The molecule has 0 aliphatic heterocycles. The number of hydrogen-bond donors (Lipinski definition) is 3. The normalized spacial score (nSPS) is 12.9. The summed E-state index contributed by atoms with van der Waals surface area (Å²) in [6.45, 7) is 5.50. The van der Waals surface area contributed by atoms with Crippen molar-refractivity contribution in [2.45, 2.75) is 38.1 Å². The van der Waals surface area contributed by atoms with Crippen LogP contribution in [0.4, 0.5) is 11.4 Å². The lowest BCUT2D eigenvalue weighted by Gasteiger charge is -2.30. The van der Waals surface area contributed by atoms with Gasteiger partial charge in [-0.1, -0.05) is 35.9 Å². The second-order valence-corrected chi connectivity index (χ2v) is 13.8. The molecular weight excluding hydrogens is 616 g/mol. The molecule has 1 atom stereocenters. The van der Waals surface area contributed by atoms with E-state index < -0.39 is 42.9 Å². The van der Waals surface area contributed by atoms with Gasteiger partial charge in [-0.3, -0.25) is 19.1 Å². The Morgan fingerprint density at radius 1 is 0.977 bits per heavy atom. The first-order valence-electron chi connectivity index (χ1n) is 13.3. The summed E-state index contributed by atoms with van der Waals surface area (Å²) < 4.78 is 60.6. The van der Waals surface area contributed by atoms with E-state index >= 15 is 0 Å². The van der Waals surface area contributed by atoms with Gasteiger partial charge in [0.25, 0.3) is 21.0 Å². The van der Waals surface area contributed by atoms with Crippen molar-refractivity contribution in [1.82, 2.24) is 9.29 Å². The van der Waals surface area contributed by atoms with E-state index in [1.165, 1.54) is 10.4 Å². The number of pyridine rings is 1. The fourth-order valence-electron chi connectivity index (χ4n) is 4.79. The summed E-state index contributed by atoms with van der Waals surface area (Å²) in [6.07, 6.45) is 3.68. The van der Waals surface area contributed by atoms with E-state index in [1.807, 2.05) is 37.3 Å². The number of aryl methyl sites for hydroxylation is 1. The Bertz CT molecular complexity index is 1940. The Morgan fingerprint density at radius 2 is 1.65 bits per heavy atom. The third kappa shape index (κ3) is 7.13. The van der Waals surface area contributed by atoms with Gasteiger partial charge in [-0.2, -0.15) is 12.7 Å². The van der Waals surface area contributed by atoms with Crippen LogP contribution in [0.2, 0.25) is 5.02 Å². The van der Waals surface area contributed by atoms with Gasteiger partial charge in [0, 0.05) is 36.5 Å². The van der Waals surface area contributed by atoms with E-state index in [0.717, 1.165) is 22.3 Å². The van der Waals surface area contributed by atoms with Gasteiger partial charge in [-0.25, -0.2) is 8.42 Å². The van der Waals surface area contributed by atoms with Gasteiger partial charge in [-0.05, 0) is 79.3 Å². The summed E-state index contributed by atoms with van der Waals surface area (Å²) in [4.78, 5) is 28.2. The van der Waals surface area contributed by atoms with Gasteiger partial charge in [0.15, 0.2) is 0 Å². The van der Waals surface area contributed by atoms with Crippen LogP contribution >= 0.6 is 11.6 Å². The van der Waals surface area contributed by atoms with Crippen molar-refractivity contribution >= 4 is 43.1 Å². The van der Waals surface area contributed by atoms with Crippen LogP contribution in [0.25, 0.3) is 11.1 Å². The first-order valence-corrected chi connectivity index (χ1v) is 16.7. The van der Waals surface area contributed by atoms with Crippen molar-refractivity contribution in [3.8, 4) is 11.1 Å². The minimum atomic E-state index is -4.43. The van der Waals surface area contributed by atoms with E-state index in [2.05, 4.69) is 15.6 Å². The van der Waals surface area contributed by atoms with E-state index in [0.29, 0.717) is 10.6 Å². The molecule has 11 nitrogen and oxygen atoms in total. The van der Waals surface area contributed by atoms with E-state index in [-0.39, 0.29) is 35.8 Å². The predicted octanol–water partition coefficient (Wildman–Crippen LogP) is 4.13. The molecular formula is C29H31ClN4O7S2. The van der Waals surface area contributed by atoms with Crippen LogP contribution in [0.15, 0.2) is 75.4 Å². The zero-order chi connectivity index (χ0) is 31.5. The minimum absolute atomic E-state index is 0.0319. The SMILES string of the molecule is Cc1cnccc1-c1cccc(C(C)N(CCCNc2c(NCS(=O)(=O)O)c(=O)c2=O)S(=O)(=O)c2cccc(Cl)c2C)c1. The molecule has 0 spiro atoms. The van der Waals surface area contributed by atoms with Crippen molar-refractivity contribution in [2.24, 2.45) is 0 Å². The molecule has 4 rings (SSSR count). The molecule has 14 heteroatoms. The van der Waals surface area contributed by atoms with Crippen LogP contribution in [-0.4, -0.2) is 49.6 Å². The number of halogens is 1. The van der Waals surface area contributed by atoms with Crippen LogP contribution < -0.4 is 21.5 Å². The number of aromatic nitrogens is 1. The summed E-state index contributed by atoms with van der Waals surface area (Å²) >= 11 is 6.28. The molecule has 3 aromatic carbocycles. The monoisotopic (exact) mass is 646 g/mol.